The Balaban J connectivity index is 2.19. The van der Waals surface area contributed by atoms with Crippen molar-refractivity contribution < 1.29 is 14.7 Å². The first kappa shape index (κ1) is 15.8. The van der Waals surface area contributed by atoms with E-state index in [0.717, 1.165) is 0 Å². The second-order valence-electron chi connectivity index (χ2n) is 6.08. The van der Waals surface area contributed by atoms with Crippen molar-refractivity contribution in [3.63, 3.8) is 0 Å². The molecular weight excluding hydrogens is 282 g/mol. The van der Waals surface area contributed by atoms with Crippen LogP contribution in [0.5, 0.6) is 0 Å². The van der Waals surface area contributed by atoms with Gasteiger partial charge in [0, 0.05) is 11.9 Å². The van der Waals surface area contributed by atoms with Crippen molar-refractivity contribution in [1.82, 2.24) is 9.78 Å². The summed E-state index contributed by atoms with van der Waals surface area (Å²) in [6, 6.07) is 6.02. The summed E-state index contributed by atoms with van der Waals surface area (Å²) < 4.78 is 1.75. The van der Waals surface area contributed by atoms with Gasteiger partial charge in [-0.3, -0.25) is 9.48 Å². The molecule has 1 amide bonds. The molecule has 2 aromatic rings. The minimum Gasteiger partial charge on any atom is -0.478 e. The Hall–Kier alpha value is -2.63. The van der Waals surface area contributed by atoms with Crippen LogP contribution in [-0.4, -0.2) is 26.8 Å². The SMILES string of the molecule is Cc1nn(C(C)(C)C)cc1C(=O)Nc1ccc(C(=O)O)cc1. The maximum Gasteiger partial charge on any atom is 0.335 e. The van der Waals surface area contributed by atoms with Crippen molar-refractivity contribution in [3.8, 4) is 0 Å². The van der Waals surface area contributed by atoms with Gasteiger partial charge in [-0.1, -0.05) is 0 Å². The van der Waals surface area contributed by atoms with E-state index in [9.17, 15) is 9.59 Å². The first-order valence-corrected chi connectivity index (χ1v) is 6.90. The van der Waals surface area contributed by atoms with Crippen LogP contribution in [-0.2, 0) is 5.54 Å². The van der Waals surface area contributed by atoms with E-state index in [4.69, 9.17) is 5.11 Å². The standard InChI is InChI=1S/C16H19N3O3/c1-10-13(9-19(18-10)16(2,3)4)14(20)17-12-7-5-11(6-8-12)15(21)22/h5-9H,1-4H3,(H,17,20)(H,21,22). The number of aromatic nitrogens is 2. The molecule has 0 aliphatic heterocycles. The Bertz CT molecular complexity index is 709. The summed E-state index contributed by atoms with van der Waals surface area (Å²) in [7, 11) is 0. The zero-order valence-corrected chi connectivity index (χ0v) is 13.0. The topological polar surface area (TPSA) is 84.2 Å². The third-order valence-corrected chi connectivity index (χ3v) is 3.22. The van der Waals surface area contributed by atoms with E-state index >= 15 is 0 Å². The van der Waals surface area contributed by atoms with Gasteiger partial charge < -0.3 is 10.4 Å². The maximum absolute atomic E-state index is 12.3. The van der Waals surface area contributed by atoms with Gasteiger partial charge in [0.05, 0.1) is 22.4 Å². The fraction of sp³-hybridized carbons (Fsp3) is 0.312. The van der Waals surface area contributed by atoms with Crippen LogP contribution in [0.15, 0.2) is 30.5 Å². The molecule has 0 fully saturated rings. The molecule has 0 saturated heterocycles. The van der Waals surface area contributed by atoms with Crippen LogP contribution < -0.4 is 5.32 Å². The number of anilines is 1. The lowest BCUT2D eigenvalue weighted by atomic mass is 10.1. The van der Waals surface area contributed by atoms with Crippen molar-refractivity contribution in [1.29, 1.82) is 0 Å². The van der Waals surface area contributed by atoms with Gasteiger partial charge in [0.25, 0.3) is 5.91 Å². The smallest absolute Gasteiger partial charge is 0.335 e. The Morgan fingerprint density at radius 2 is 1.77 bits per heavy atom. The number of carboxylic acids is 1. The molecule has 0 unspecified atom stereocenters. The summed E-state index contributed by atoms with van der Waals surface area (Å²) >= 11 is 0. The number of carbonyl (C=O) groups excluding carboxylic acids is 1. The highest BCUT2D eigenvalue weighted by Gasteiger charge is 2.20. The lowest BCUT2D eigenvalue weighted by Crippen LogP contribution is -2.22. The Morgan fingerprint density at radius 3 is 2.23 bits per heavy atom. The van der Waals surface area contributed by atoms with Crippen LogP contribution in [0.4, 0.5) is 5.69 Å². The van der Waals surface area contributed by atoms with E-state index in [1.807, 2.05) is 20.8 Å². The van der Waals surface area contributed by atoms with Gasteiger partial charge >= 0.3 is 5.97 Å². The molecule has 116 valence electrons. The van der Waals surface area contributed by atoms with Gasteiger partial charge in [-0.15, -0.1) is 0 Å². The fourth-order valence-electron chi connectivity index (χ4n) is 1.92. The second-order valence-corrected chi connectivity index (χ2v) is 6.08. The highest BCUT2D eigenvalue weighted by Crippen LogP contribution is 2.18. The number of carbonyl (C=O) groups is 2. The average molecular weight is 301 g/mol. The molecule has 0 aliphatic carbocycles. The Labute approximate surface area is 128 Å². The number of carboxylic acid groups (broad SMARTS) is 1. The molecule has 0 saturated carbocycles. The molecule has 2 rings (SSSR count). The number of aromatic carboxylic acids is 1. The molecule has 0 radical (unpaired) electrons. The van der Waals surface area contributed by atoms with Crippen LogP contribution in [0.1, 0.15) is 47.2 Å². The molecule has 22 heavy (non-hydrogen) atoms. The number of rotatable bonds is 3. The Kier molecular flexibility index (Phi) is 4.03. The molecule has 0 atom stereocenters. The van der Waals surface area contributed by atoms with Crippen molar-refractivity contribution in [2.75, 3.05) is 5.32 Å². The van der Waals surface area contributed by atoms with E-state index in [1.54, 1.807) is 29.9 Å². The van der Waals surface area contributed by atoms with Gasteiger partial charge in [0.1, 0.15) is 0 Å². The lowest BCUT2D eigenvalue weighted by Gasteiger charge is -2.18. The van der Waals surface area contributed by atoms with E-state index in [1.165, 1.54) is 12.1 Å². The summed E-state index contributed by atoms with van der Waals surface area (Å²) in [6.07, 6.45) is 1.72. The second kappa shape index (κ2) is 5.63. The lowest BCUT2D eigenvalue weighted by molar-refractivity contribution is 0.0696. The number of nitrogens with zero attached hydrogens (tertiary/aromatic N) is 2. The first-order valence-electron chi connectivity index (χ1n) is 6.90. The molecule has 0 aliphatic rings. The number of nitrogens with one attached hydrogen (secondary N) is 1. The number of benzene rings is 1. The van der Waals surface area contributed by atoms with Crippen molar-refractivity contribution in [2.24, 2.45) is 0 Å². The van der Waals surface area contributed by atoms with Crippen molar-refractivity contribution >= 4 is 17.6 Å². The predicted octanol–water partition coefficient (Wildman–Crippen LogP) is 2.90. The molecule has 2 N–H and O–H groups in total. The summed E-state index contributed by atoms with van der Waals surface area (Å²) in [6.45, 7) is 7.80. The number of hydrogen-bond donors (Lipinski definition) is 2. The number of hydrogen-bond acceptors (Lipinski definition) is 3. The van der Waals surface area contributed by atoms with Crippen LogP contribution in [0.2, 0.25) is 0 Å². The minimum absolute atomic E-state index is 0.176. The highest BCUT2D eigenvalue weighted by atomic mass is 16.4. The molecule has 6 nitrogen and oxygen atoms in total. The molecule has 0 spiro atoms. The zero-order valence-electron chi connectivity index (χ0n) is 13.0. The van der Waals surface area contributed by atoms with Gasteiger partial charge in [-0.2, -0.15) is 5.10 Å². The maximum atomic E-state index is 12.3. The van der Waals surface area contributed by atoms with E-state index in [-0.39, 0.29) is 17.0 Å². The molecule has 1 heterocycles. The summed E-state index contributed by atoms with van der Waals surface area (Å²) in [5.41, 5.74) is 1.66. The largest absolute Gasteiger partial charge is 0.478 e. The Morgan fingerprint density at radius 1 is 1.18 bits per heavy atom. The average Bonchev–Trinajstić information content (AvgIpc) is 2.81. The van der Waals surface area contributed by atoms with E-state index in [0.29, 0.717) is 16.9 Å². The summed E-state index contributed by atoms with van der Waals surface area (Å²) in [4.78, 5) is 23.1. The third kappa shape index (κ3) is 3.33. The molecule has 1 aromatic heterocycles. The van der Waals surface area contributed by atoms with E-state index in [2.05, 4.69) is 10.4 Å². The number of aryl methyl sites for hydroxylation is 1. The fourth-order valence-corrected chi connectivity index (χ4v) is 1.92. The molecule has 0 bridgehead atoms. The molecule has 6 heteroatoms. The molecular formula is C16H19N3O3. The van der Waals surface area contributed by atoms with Crippen LogP contribution in [0, 0.1) is 6.92 Å². The highest BCUT2D eigenvalue weighted by molar-refractivity contribution is 6.05. The van der Waals surface area contributed by atoms with Crippen LogP contribution >= 0.6 is 0 Å². The van der Waals surface area contributed by atoms with E-state index < -0.39 is 5.97 Å². The van der Waals surface area contributed by atoms with Crippen molar-refractivity contribution in [2.45, 2.75) is 33.2 Å². The quantitative estimate of drug-likeness (QED) is 0.913. The monoisotopic (exact) mass is 301 g/mol. The van der Waals surface area contributed by atoms with Gasteiger partial charge in [-0.25, -0.2) is 4.79 Å². The predicted molar refractivity (Wildman–Crippen MR) is 83.3 cm³/mol. The van der Waals surface area contributed by atoms with Crippen LogP contribution in [0.25, 0.3) is 0 Å². The van der Waals surface area contributed by atoms with Crippen LogP contribution in [0.3, 0.4) is 0 Å². The van der Waals surface area contributed by atoms with Gasteiger partial charge in [-0.05, 0) is 52.0 Å². The normalized spacial score (nSPS) is 11.3. The number of amides is 1. The van der Waals surface area contributed by atoms with Gasteiger partial charge in [0.2, 0.25) is 0 Å². The molecule has 1 aromatic carbocycles. The summed E-state index contributed by atoms with van der Waals surface area (Å²) in [5, 5.41) is 16.0. The summed E-state index contributed by atoms with van der Waals surface area (Å²) in [5.74, 6) is -1.27. The minimum atomic E-state index is -1.000. The zero-order chi connectivity index (χ0) is 16.5. The third-order valence-electron chi connectivity index (χ3n) is 3.22. The van der Waals surface area contributed by atoms with Gasteiger partial charge in [0.15, 0.2) is 0 Å². The van der Waals surface area contributed by atoms with Crippen molar-refractivity contribution in [3.05, 3.63) is 47.3 Å². The first-order chi connectivity index (χ1) is 10.2.